The van der Waals surface area contributed by atoms with Crippen molar-refractivity contribution < 1.29 is 23.0 Å². The molecule has 2 aromatic heterocycles. The number of aromatic nitrogens is 5. The molecule has 7 nitrogen and oxygen atoms in total. The van der Waals surface area contributed by atoms with Crippen molar-refractivity contribution in [2.45, 2.75) is 19.6 Å². The lowest BCUT2D eigenvalue weighted by Crippen LogP contribution is -2.01. The normalized spacial score (nSPS) is 11.1. The van der Waals surface area contributed by atoms with Crippen molar-refractivity contribution in [3.8, 4) is 11.7 Å². The van der Waals surface area contributed by atoms with E-state index in [1.165, 1.54) is 29.2 Å². The molecule has 0 saturated carbocycles. The van der Waals surface area contributed by atoms with Crippen molar-refractivity contribution >= 4 is 0 Å². The van der Waals surface area contributed by atoms with Crippen molar-refractivity contribution in [1.29, 1.82) is 0 Å². The number of aliphatic hydroxyl groups is 1. The van der Waals surface area contributed by atoms with Crippen LogP contribution < -0.4 is 4.74 Å². The van der Waals surface area contributed by atoms with Gasteiger partial charge in [0.25, 0.3) is 6.43 Å². The number of ether oxygens (including phenoxy) is 1. The number of hydrogen-bond acceptors (Lipinski definition) is 6. The molecule has 0 unspecified atom stereocenters. The lowest BCUT2D eigenvalue weighted by Gasteiger charge is -2.05. The van der Waals surface area contributed by atoms with Gasteiger partial charge in [0.1, 0.15) is 18.1 Å². The third-order valence-corrected chi connectivity index (χ3v) is 3.22. The molecule has 0 bridgehead atoms. The Labute approximate surface area is 139 Å². The predicted octanol–water partition coefficient (Wildman–Crippen LogP) is 2.21. The van der Waals surface area contributed by atoms with Crippen LogP contribution in [0.25, 0.3) is 5.69 Å². The second kappa shape index (κ2) is 7.26. The molecule has 0 aliphatic carbocycles. The second-order valence-electron chi connectivity index (χ2n) is 4.94. The van der Waals surface area contributed by atoms with E-state index in [0.29, 0.717) is 11.4 Å². The van der Waals surface area contributed by atoms with Crippen LogP contribution in [-0.2, 0) is 13.2 Å². The summed E-state index contributed by atoms with van der Waals surface area (Å²) in [6.45, 7) is -0.260. The van der Waals surface area contributed by atoms with E-state index in [9.17, 15) is 13.2 Å². The number of hydrogen-bond donors (Lipinski definition) is 1. The minimum absolute atomic E-state index is 0.0161. The average Bonchev–Trinajstić information content (AvgIpc) is 3.09. The van der Waals surface area contributed by atoms with Crippen LogP contribution in [0.1, 0.15) is 23.4 Å². The first-order valence-electron chi connectivity index (χ1n) is 7.11. The van der Waals surface area contributed by atoms with Gasteiger partial charge in [0, 0.05) is 6.20 Å². The minimum Gasteiger partial charge on any atom is -0.457 e. The average molecular weight is 351 g/mol. The fraction of sp³-hybridized carbons (Fsp3) is 0.200. The van der Waals surface area contributed by atoms with Crippen LogP contribution in [0.15, 0.2) is 36.7 Å². The summed E-state index contributed by atoms with van der Waals surface area (Å²) in [5.41, 5.74) is 0.328. The summed E-state index contributed by atoms with van der Waals surface area (Å²) in [7, 11) is 0. The SMILES string of the molecule is OCc1ccnc(OCc2cn(-c3ccc(F)c(C(F)F)c3)nn2)n1. The Kier molecular flexibility index (Phi) is 4.89. The Morgan fingerprint density at radius 3 is 2.80 bits per heavy atom. The molecule has 0 spiro atoms. The summed E-state index contributed by atoms with van der Waals surface area (Å²) in [5.74, 6) is -0.983. The van der Waals surface area contributed by atoms with E-state index >= 15 is 0 Å². The number of aliphatic hydroxyl groups excluding tert-OH is 1. The highest BCUT2D eigenvalue weighted by atomic mass is 19.3. The highest BCUT2D eigenvalue weighted by Gasteiger charge is 2.15. The number of nitrogens with zero attached hydrogens (tertiary/aromatic N) is 5. The van der Waals surface area contributed by atoms with Crippen molar-refractivity contribution in [2.75, 3.05) is 0 Å². The van der Waals surface area contributed by atoms with Crippen LogP contribution in [0.4, 0.5) is 13.2 Å². The number of benzene rings is 1. The molecular weight excluding hydrogens is 339 g/mol. The van der Waals surface area contributed by atoms with Gasteiger partial charge in [-0.05, 0) is 24.3 Å². The van der Waals surface area contributed by atoms with E-state index in [4.69, 9.17) is 9.84 Å². The largest absolute Gasteiger partial charge is 0.457 e. The van der Waals surface area contributed by atoms with Crippen LogP contribution >= 0.6 is 0 Å². The molecule has 1 aromatic carbocycles. The molecule has 3 aromatic rings. The van der Waals surface area contributed by atoms with Gasteiger partial charge in [-0.1, -0.05) is 5.21 Å². The molecule has 2 heterocycles. The maximum absolute atomic E-state index is 13.3. The zero-order chi connectivity index (χ0) is 17.8. The Morgan fingerprint density at radius 2 is 2.04 bits per heavy atom. The maximum atomic E-state index is 13.3. The Balaban J connectivity index is 1.73. The minimum atomic E-state index is -2.93. The highest BCUT2D eigenvalue weighted by Crippen LogP contribution is 2.24. The van der Waals surface area contributed by atoms with Gasteiger partial charge in [0.15, 0.2) is 0 Å². The predicted molar refractivity (Wildman–Crippen MR) is 78.6 cm³/mol. The number of halogens is 3. The third kappa shape index (κ3) is 3.91. The van der Waals surface area contributed by atoms with E-state index in [0.717, 1.165) is 12.1 Å². The van der Waals surface area contributed by atoms with E-state index in [1.54, 1.807) is 0 Å². The van der Waals surface area contributed by atoms with Gasteiger partial charge in [0.2, 0.25) is 0 Å². The summed E-state index contributed by atoms with van der Waals surface area (Å²) in [6, 6.07) is 4.87. The van der Waals surface area contributed by atoms with Crippen LogP contribution in [0.5, 0.6) is 6.01 Å². The molecule has 0 fully saturated rings. The quantitative estimate of drug-likeness (QED) is 0.733. The second-order valence-corrected chi connectivity index (χ2v) is 4.94. The van der Waals surface area contributed by atoms with E-state index < -0.39 is 17.8 Å². The molecule has 10 heteroatoms. The zero-order valence-corrected chi connectivity index (χ0v) is 12.7. The summed E-state index contributed by atoms with van der Waals surface area (Å²) in [6.07, 6.45) is -0.0322. The lowest BCUT2D eigenvalue weighted by atomic mass is 10.2. The van der Waals surface area contributed by atoms with Gasteiger partial charge in [0.05, 0.1) is 29.7 Å². The maximum Gasteiger partial charge on any atom is 0.317 e. The first kappa shape index (κ1) is 16.8. The molecule has 0 radical (unpaired) electrons. The van der Waals surface area contributed by atoms with E-state index in [2.05, 4.69) is 20.3 Å². The van der Waals surface area contributed by atoms with Crippen LogP contribution in [0.2, 0.25) is 0 Å². The molecule has 0 atom stereocenters. The molecule has 0 saturated heterocycles. The molecule has 130 valence electrons. The fourth-order valence-corrected chi connectivity index (χ4v) is 2.00. The fourth-order valence-electron chi connectivity index (χ4n) is 2.00. The van der Waals surface area contributed by atoms with Crippen molar-refractivity contribution in [3.05, 3.63) is 59.4 Å². The topological polar surface area (TPSA) is 86.0 Å². The molecule has 0 amide bonds. The molecular formula is C15H12F3N5O2. The van der Waals surface area contributed by atoms with Gasteiger partial charge in [-0.3, -0.25) is 0 Å². The van der Waals surface area contributed by atoms with Gasteiger partial charge in [-0.15, -0.1) is 5.10 Å². The van der Waals surface area contributed by atoms with Gasteiger partial charge >= 0.3 is 6.01 Å². The smallest absolute Gasteiger partial charge is 0.317 e. The monoisotopic (exact) mass is 351 g/mol. The molecule has 3 rings (SSSR count). The Hall–Kier alpha value is -3.01. The van der Waals surface area contributed by atoms with Gasteiger partial charge in [-0.2, -0.15) is 4.98 Å². The van der Waals surface area contributed by atoms with Crippen molar-refractivity contribution in [1.82, 2.24) is 25.0 Å². The third-order valence-electron chi connectivity index (χ3n) is 3.22. The summed E-state index contributed by atoms with van der Waals surface area (Å²) < 4.78 is 45.4. The lowest BCUT2D eigenvalue weighted by molar-refractivity contribution is 0.146. The molecule has 0 aliphatic rings. The summed E-state index contributed by atoms with van der Waals surface area (Å²) in [5, 5.41) is 16.7. The Bertz CT molecular complexity index is 872. The van der Waals surface area contributed by atoms with Crippen LogP contribution in [-0.4, -0.2) is 30.1 Å². The highest BCUT2D eigenvalue weighted by molar-refractivity contribution is 5.36. The summed E-state index contributed by atoms with van der Waals surface area (Å²) in [4.78, 5) is 7.83. The molecule has 1 N–H and O–H groups in total. The molecule has 0 aliphatic heterocycles. The van der Waals surface area contributed by atoms with Gasteiger partial charge < -0.3 is 9.84 Å². The van der Waals surface area contributed by atoms with Crippen molar-refractivity contribution in [2.24, 2.45) is 0 Å². The standard InChI is InChI=1S/C15H12F3N5O2/c16-13-2-1-11(5-12(13)14(17)18)23-6-10(21-22-23)8-25-15-19-4-3-9(7-24)20-15/h1-6,14,24H,7-8H2. The first-order chi connectivity index (χ1) is 12.1. The number of alkyl halides is 2. The van der Waals surface area contributed by atoms with E-state index in [-0.39, 0.29) is 24.9 Å². The first-order valence-corrected chi connectivity index (χ1v) is 7.11. The summed E-state index contributed by atoms with van der Waals surface area (Å²) >= 11 is 0. The van der Waals surface area contributed by atoms with E-state index in [1.807, 2.05) is 0 Å². The zero-order valence-electron chi connectivity index (χ0n) is 12.7. The van der Waals surface area contributed by atoms with Crippen LogP contribution in [0.3, 0.4) is 0 Å². The molecule has 25 heavy (non-hydrogen) atoms. The number of rotatable bonds is 6. The Morgan fingerprint density at radius 1 is 1.20 bits per heavy atom. The van der Waals surface area contributed by atoms with Crippen molar-refractivity contribution in [3.63, 3.8) is 0 Å². The van der Waals surface area contributed by atoms with Gasteiger partial charge in [-0.25, -0.2) is 22.8 Å². The van der Waals surface area contributed by atoms with Crippen LogP contribution in [0, 0.1) is 5.82 Å².